The van der Waals surface area contributed by atoms with Gasteiger partial charge in [0.05, 0.1) is 11.1 Å². The molecule has 0 bridgehead atoms. The van der Waals surface area contributed by atoms with Crippen molar-refractivity contribution in [1.29, 1.82) is 0 Å². The Labute approximate surface area is 333 Å². The van der Waals surface area contributed by atoms with E-state index in [1.807, 2.05) is 11.8 Å². The molecule has 11 rings (SSSR count). The fourth-order valence-electron chi connectivity index (χ4n) is 9.78. The molecule has 1 heterocycles. The van der Waals surface area contributed by atoms with Gasteiger partial charge >= 0.3 is 0 Å². The summed E-state index contributed by atoms with van der Waals surface area (Å²) >= 11 is 1.92. The zero-order chi connectivity index (χ0) is 37.1. The summed E-state index contributed by atoms with van der Waals surface area (Å²) in [5, 5.41) is 2.45. The van der Waals surface area contributed by atoms with Crippen LogP contribution in [0.25, 0.3) is 33.0 Å². The first kappa shape index (κ1) is 33.0. The van der Waals surface area contributed by atoms with Crippen molar-refractivity contribution in [3.05, 3.63) is 235 Å². The van der Waals surface area contributed by atoms with E-state index in [1.165, 1.54) is 59.5 Å². The average Bonchev–Trinajstić information content (AvgIpc) is 4.03. The van der Waals surface area contributed by atoms with E-state index in [0.717, 1.165) is 23.5 Å². The summed E-state index contributed by atoms with van der Waals surface area (Å²) in [4.78, 5) is 5.10. The molecule has 0 saturated heterocycles. The van der Waals surface area contributed by atoms with E-state index in [2.05, 4.69) is 223 Å². The van der Waals surface area contributed by atoms with Gasteiger partial charge in [-0.2, -0.15) is 0 Å². The van der Waals surface area contributed by atoms with Crippen LogP contribution < -0.4 is 4.90 Å². The summed E-state index contributed by atoms with van der Waals surface area (Å²) in [6, 6.07) is 71.7. The van der Waals surface area contributed by atoms with Crippen molar-refractivity contribution >= 4 is 39.6 Å². The molecule has 3 atom stereocenters. The van der Waals surface area contributed by atoms with Gasteiger partial charge in [0.25, 0.3) is 0 Å². The van der Waals surface area contributed by atoms with Crippen molar-refractivity contribution in [1.82, 2.24) is 0 Å². The Balaban J connectivity index is 1.04. The Morgan fingerprint density at radius 3 is 1.86 bits per heavy atom. The van der Waals surface area contributed by atoms with Crippen LogP contribution in [0.4, 0.5) is 17.1 Å². The molecule has 0 N–H and O–H groups in total. The molecular formula is C54H39NS. The standard InChI is InChI=1S/C54H39NS/c1-3-14-38(15-4-1)39-25-30-45(31-26-39)55(50-23-13-17-41-16-7-8-21-47(41)50)46-32-27-40(28-33-46)42-29-34-52-49(36-42)54(43-18-5-2-6-19-43,48-22-9-10-24-51(48)56-52)53-35-12-11-20-44(53)37-53/h1-36,44H,37H2. The van der Waals surface area contributed by atoms with Gasteiger partial charge in [-0.25, -0.2) is 0 Å². The van der Waals surface area contributed by atoms with Gasteiger partial charge < -0.3 is 4.90 Å². The second kappa shape index (κ2) is 13.2. The molecule has 0 aromatic heterocycles. The quantitative estimate of drug-likeness (QED) is 0.160. The van der Waals surface area contributed by atoms with Gasteiger partial charge in [0, 0.05) is 32.0 Å². The van der Waals surface area contributed by atoms with Crippen molar-refractivity contribution in [2.24, 2.45) is 11.3 Å². The molecule has 2 heteroatoms. The third-order valence-corrected chi connectivity index (χ3v) is 13.6. The zero-order valence-corrected chi connectivity index (χ0v) is 31.7. The van der Waals surface area contributed by atoms with E-state index in [-0.39, 0.29) is 10.8 Å². The molecule has 8 aromatic carbocycles. The highest BCUT2D eigenvalue weighted by Gasteiger charge is 2.67. The third kappa shape index (κ3) is 5.10. The Morgan fingerprint density at radius 1 is 0.482 bits per heavy atom. The molecule has 266 valence electrons. The first-order chi connectivity index (χ1) is 27.7. The predicted octanol–water partition coefficient (Wildman–Crippen LogP) is 14.6. The number of benzene rings is 8. The molecule has 1 aliphatic heterocycles. The number of fused-ring (bicyclic) bond motifs is 4. The van der Waals surface area contributed by atoms with Gasteiger partial charge in [0.1, 0.15) is 0 Å². The van der Waals surface area contributed by atoms with Crippen LogP contribution in [0.15, 0.2) is 228 Å². The maximum absolute atomic E-state index is 2.52. The van der Waals surface area contributed by atoms with Gasteiger partial charge in [-0.15, -0.1) is 0 Å². The van der Waals surface area contributed by atoms with Crippen molar-refractivity contribution in [3.63, 3.8) is 0 Å². The lowest BCUT2D eigenvalue weighted by molar-refractivity contribution is 0.392. The lowest BCUT2D eigenvalue weighted by atomic mass is 9.58. The summed E-state index contributed by atoms with van der Waals surface area (Å²) in [6.45, 7) is 0. The average molecular weight is 734 g/mol. The molecule has 2 aliphatic carbocycles. The van der Waals surface area contributed by atoms with Crippen LogP contribution in [-0.2, 0) is 5.41 Å². The Bertz CT molecular complexity index is 2800. The second-order valence-corrected chi connectivity index (χ2v) is 16.4. The van der Waals surface area contributed by atoms with Gasteiger partial charge in [0.15, 0.2) is 0 Å². The number of hydrogen-bond donors (Lipinski definition) is 0. The molecule has 0 radical (unpaired) electrons. The van der Waals surface area contributed by atoms with Gasteiger partial charge in [-0.3, -0.25) is 0 Å². The van der Waals surface area contributed by atoms with E-state index < -0.39 is 0 Å². The Morgan fingerprint density at radius 2 is 1.09 bits per heavy atom. The summed E-state index contributed by atoms with van der Waals surface area (Å²) in [5.74, 6) is 0.501. The Hall–Kier alpha value is -6.35. The van der Waals surface area contributed by atoms with E-state index >= 15 is 0 Å². The van der Waals surface area contributed by atoms with Crippen LogP contribution in [0, 0.1) is 11.3 Å². The number of allylic oxidation sites excluding steroid dienone is 4. The van der Waals surface area contributed by atoms with Gasteiger partial charge in [-0.05, 0) is 105 Å². The lowest BCUT2D eigenvalue weighted by Crippen LogP contribution is -2.42. The molecule has 3 aliphatic rings. The molecule has 0 amide bonds. The number of hydrogen-bond acceptors (Lipinski definition) is 2. The smallest absolute Gasteiger partial charge is 0.0570 e. The van der Waals surface area contributed by atoms with Crippen LogP contribution in [-0.4, -0.2) is 0 Å². The normalized spacial score (nSPS) is 20.2. The molecule has 1 fully saturated rings. The van der Waals surface area contributed by atoms with Crippen LogP contribution in [0.5, 0.6) is 0 Å². The molecular weight excluding hydrogens is 695 g/mol. The zero-order valence-electron chi connectivity index (χ0n) is 30.9. The first-order valence-electron chi connectivity index (χ1n) is 19.6. The van der Waals surface area contributed by atoms with Crippen molar-refractivity contribution in [2.45, 2.75) is 21.6 Å². The van der Waals surface area contributed by atoms with Crippen LogP contribution >= 0.6 is 11.8 Å². The highest BCUT2D eigenvalue weighted by molar-refractivity contribution is 7.99. The first-order valence-corrected chi connectivity index (χ1v) is 20.4. The molecule has 0 spiro atoms. The SMILES string of the molecule is C1=CC2CC2(C2(c3ccccc3)c3ccccc3Sc3ccc(-c4ccc(N(c5ccc(-c6ccccc6)cc5)c5cccc6ccccc56)cc4)cc32)C=C1. The fraction of sp³-hybridized carbons (Fsp3) is 0.0741. The summed E-state index contributed by atoms with van der Waals surface area (Å²) in [6.07, 6.45) is 10.6. The number of rotatable bonds is 7. The highest BCUT2D eigenvalue weighted by atomic mass is 32.2. The van der Waals surface area contributed by atoms with E-state index in [0.29, 0.717) is 5.92 Å². The van der Waals surface area contributed by atoms with E-state index in [9.17, 15) is 0 Å². The summed E-state index contributed by atoms with van der Waals surface area (Å²) < 4.78 is 0. The molecule has 1 saturated carbocycles. The molecule has 8 aromatic rings. The van der Waals surface area contributed by atoms with Crippen molar-refractivity contribution in [2.75, 3.05) is 4.90 Å². The molecule has 3 unspecified atom stereocenters. The monoisotopic (exact) mass is 733 g/mol. The van der Waals surface area contributed by atoms with E-state index in [4.69, 9.17) is 0 Å². The van der Waals surface area contributed by atoms with E-state index in [1.54, 1.807) is 0 Å². The minimum absolute atomic E-state index is 0.0214. The van der Waals surface area contributed by atoms with Gasteiger partial charge in [0.2, 0.25) is 0 Å². The topological polar surface area (TPSA) is 3.24 Å². The third-order valence-electron chi connectivity index (χ3n) is 12.4. The summed E-state index contributed by atoms with van der Waals surface area (Å²) in [7, 11) is 0. The minimum Gasteiger partial charge on any atom is -0.310 e. The fourth-order valence-corrected chi connectivity index (χ4v) is 10.9. The predicted molar refractivity (Wildman–Crippen MR) is 235 cm³/mol. The Kier molecular flexibility index (Phi) is 7.76. The van der Waals surface area contributed by atoms with Crippen LogP contribution in [0.2, 0.25) is 0 Å². The highest BCUT2D eigenvalue weighted by Crippen LogP contribution is 2.73. The number of anilines is 3. The maximum atomic E-state index is 2.52. The van der Waals surface area contributed by atoms with Crippen molar-refractivity contribution < 1.29 is 0 Å². The second-order valence-electron chi connectivity index (χ2n) is 15.3. The maximum Gasteiger partial charge on any atom is 0.0570 e. The largest absolute Gasteiger partial charge is 0.310 e. The lowest BCUT2D eigenvalue weighted by Gasteiger charge is -2.47. The number of nitrogens with zero attached hydrogens (tertiary/aromatic N) is 1. The summed E-state index contributed by atoms with van der Waals surface area (Å²) in [5.41, 5.74) is 12.1. The van der Waals surface area contributed by atoms with Gasteiger partial charge in [-0.1, -0.05) is 182 Å². The minimum atomic E-state index is -0.315. The van der Waals surface area contributed by atoms with Crippen LogP contribution in [0.3, 0.4) is 0 Å². The molecule has 1 nitrogen and oxygen atoms in total. The molecule has 56 heavy (non-hydrogen) atoms. The van der Waals surface area contributed by atoms with Crippen LogP contribution in [0.1, 0.15) is 23.1 Å². The van der Waals surface area contributed by atoms with Crippen molar-refractivity contribution in [3.8, 4) is 22.3 Å².